The summed E-state index contributed by atoms with van der Waals surface area (Å²) in [5, 5.41) is 3.05. The number of carbonyl (C=O) groups excluding carboxylic acids is 2. The first-order valence-corrected chi connectivity index (χ1v) is 7.59. The van der Waals surface area contributed by atoms with E-state index in [1.807, 2.05) is 0 Å². The molecule has 0 aliphatic carbocycles. The van der Waals surface area contributed by atoms with Crippen molar-refractivity contribution in [3.8, 4) is 0 Å². The Morgan fingerprint density at radius 2 is 2.33 bits per heavy atom. The maximum Gasteiger partial charge on any atom is 0.272 e. The van der Waals surface area contributed by atoms with Crippen LogP contribution in [-0.2, 0) is 24.3 Å². The van der Waals surface area contributed by atoms with Gasteiger partial charge in [-0.1, -0.05) is 0 Å². The summed E-state index contributed by atoms with van der Waals surface area (Å²) in [6, 6.07) is -0.827. The Bertz CT molecular complexity index is 484. The van der Waals surface area contributed by atoms with Gasteiger partial charge >= 0.3 is 0 Å². The Labute approximate surface area is 108 Å². The lowest BCUT2D eigenvalue weighted by molar-refractivity contribution is -0.220. The van der Waals surface area contributed by atoms with Crippen LogP contribution in [-0.4, -0.2) is 52.9 Å². The second kappa shape index (κ2) is 4.37. The third-order valence-corrected chi connectivity index (χ3v) is 4.46. The predicted molar refractivity (Wildman–Crippen MR) is 59.9 cm³/mol. The molecule has 0 bridgehead atoms. The molecule has 10 heteroatoms. The minimum Gasteiger partial charge on any atom is -0.724 e. The van der Waals surface area contributed by atoms with E-state index < -0.39 is 33.8 Å². The van der Waals surface area contributed by atoms with Gasteiger partial charge in [0.25, 0.3) is 5.91 Å². The van der Waals surface area contributed by atoms with Crippen LogP contribution >= 0.6 is 11.8 Å². The standard InChI is InChI=1S/C8H12N2O6S2/c1-5(11)9-6-7(12)10(16-18(13,14)15)8(6)2-3-17-4-8/h6H,2-4H2,1H3,(H,9,11)(H,13,14,15)/p-1. The average molecular weight is 295 g/mol. The molecule has 2 rings (SSSR count). The lowest BCUT2D eigenvalue weighted by Crippen LogP contribution is -2.79. The van der Waals surface area contributed by atoms with Crippen molar-refractivity contribution in [3.05, 3.63) is 0 Å². The van der Waals surface area contributed by atoms with E-state index in [1.54, 1.807) is 0 Å². The molecule has 18 heavy (non-hydrogen) atoms. The number of thioether (sulfide) groups is 1. The molecule has 0 aromatic heterocycles. The molecular formula is C8H11N2O6S2-. The molecule has 2 aliphatic heterocycles. The number of hydroxylamine groups is 2. The van der Waals surface area contributed by atoms with E-state index in [-0.39, 0.29) is 0 Å². The van der Waals surface area contributed by atoms with E-state index in [0.29, 0.717) is 23.0 Å². The van der Waals surface area contributed by atoms with Crippen molar-refractivity contribution in [2.75, 3.05) is 11.5 Å². The molecule has 2 heterocycles. The number of nitrogens with zero attached hydrogens (tertiary/aromatic N) is 1. The second-order valence-electron chi connectivity index (χ2n) is 4.16. The van der Waals surface area contributed by atoms with Gasteiger partial charge in [-0.15, -0.1) is 0 Å². The highest BCUT2D eigenvalue weighted by Crippen LogP contribution is 2.44. The molecule has 0 radical (unpaired) electrons. The summed E-state index contributed by atoms with van der Waals surface area (Å²) in [4.78, 5) is 22.7. The van der Waals surface area contributed by atoms with E-state index in [0.717, 1.165) is 0 Å². The van der Waals surface area contributed by atoms with Gasteiger partial charge in [0.1, 0.15) is 11.6 Å². The van der Waals surface area contributed by atoms with Gasteiger partial charge in [-0.05, 0) is 12.2 Å². The Morgan fingerprint density at radius 1 is 1.67 bits per heavy atom. The molecule has 8 nitrogen and oxygen atoms in total. The first-order valence-electron chi connectivity index (χ1n) is 5.11. The fourth-order valence-corrected chi connectivity index (χ4v) is 4.01. The van der Waals surface area contributed by atoms with Crippen molar-refractivity contribution in [2.24, 2.45) is 0 Å². The van der Waals surface area contributed by atoms with Gasteiger partial charge in [0, 0.05) is 12.7 Å². The number of carbonyl (C=O) groups is 2. The van der Waals surface area contributed by atoms with E-state index in [2.05, 4.69) is 9.60 Å². The first-order chi connectivity index (χ1) is 8.26. The van der Waals surface area contributed by atoms with Gasteiger partial charge in [-0.2, -0.15) is 21.1 Å². The molecule has 1 N–H and O–H groups in total. The zero-order chi connectivity index (χ0) is 13.6. The zero-order valence-electron chi connectivity index (χ0n) is 9.41. The summed E-state index contributed by atoms with van der Waals surface area (Å²) in [7, 11) is -5.00. The molecular weight excluding hydrogens is 284 g/mol. The van der Waals surface area contributed by atoms with E-state index >= 15 is 0 Å². The summed E-state index contributed by atoms with van der Waals surface area (Å²) in [5.41, 5.74) is -0.926. The Morgan fingerprint density at radius 3 is 2.78 bits per heavy atom. The molecule has 102 valence electrons. The Kier molecular flexibility index (Phi) is 3.30. The van der Waals surface area contributed by atoms with Gasteiger partial charge in [0.05, 0.1) is 0 Å². The van der Waals surface area contributed by atoms with Gasteiger partial charge < -0.3 is 9.87 Å². The van der Waals surface area contributed by atoms with E-state index in [1.165, 1.54) is 18.7 Å². The van der Waals surface area contributed by atoms with Crippen molar-refractivity contribution >= 4 is 34.0 Å². The topological polar surface area (TPSA) is 116 Å². The summed E-state index contributed by atoms with van der Waals surface area (Å²) < 4.78 is 35.9. The zero-order valence-corrected chi connectivity index (χ0v) is 11.0. The van der Waals surface area contributed by atoms with Crippen LogP contribution in [0.4, 0.5) is 0 Å². The van der Waals surface area contributed by atoms with Crippen LogP contribution in [0.3, 0.4) is 0 Å². The maximum absolute atomic E-state index is 11.7. The molecule has 2 unspecified atom stereocenters. The van der Waals surface area contributed by atoms with Gasteiger partial charge in [0.15, 0.2) is 0 Å². The first kappa shape index (κ1) is 13.6. The summed E-state index contributed by atoms with van der Waals surface area (Å²) in [5.74, 6) is 0.00260. The quantitative estimate of drug-likeness (QED) is 0.387. The van der Waals surface area contributed by atoms with Crippen molar-refractivity contribution in [1.82, 2.24) is 10.4 Å². The molecule has 0 aromatic carbocycles. The lowest BCUT2D eigenvalue weighted by atomic mass is 9.80. The highest BCUT2D eigenvalue weighted by atomic mass is 32.3. The minimum absolute atomic E-state index is 0.394. The van der Waals surface area contributed by atoms with Crippen LogP contribution in [0, 0.1) is 0 Å². The lowest BCUT2D eigenvalue weighted by Gasteiger charge is -2.53. The van der Waals surface area contributed by atoms with E-state index in [4.69, 9.17) is 0 Å². The van der Waals surface area contributed by atoms with Crippen molar-refractivity contribution < 1.29 is 26.8 Å². The van der Waals surface area contributed by atoms with Crippen molar-refractivity contribution in [3.63, 3.8) is 0 Å². The SMILES string of the molecule is CC(=O)NC1C(=O)N(OS(=O)(=O)[O-])C12CCSC2. The van der Waals surface area contributed by atoms with Gasteiger partial charge in [-0.3, -0.25) is 9.59 Å². The van der Waals surface area contributed by atoms with E-state index in [9.17, 15) is 22.6 Å². The number of nitrogens with one attached hydrogen (secondary N) is 1. The van der Waals surface area contributed by atoms with Crippen molar-refractivity contribution in [2.45, 2.75) is 24.9 Å². The average Bonchev–Trinajstić information content (AvgIpc) is 2.72. The highest BCUT2D eigenvalue weighted by Gasteiger charge is 2.64. The molecule has 2 amide bonds. The van der Waals surface area contributed by atoms with Crippen LogP contribution < -0.4 is 5.32 Å². The number of hydrogen-bond donors (Lipinski definition) is 1. The molecule has 0 saturated carbocycles. The predicted octanol–water partition coefficient (Wildman–Crippen LogP) is -1.40. The molecule has 2 atom stereocenters. The normalized spacial score (nSPS) is 31.6. The number of amides is 2. The summed E-state index contributed by atoms with van der Waals surface area (Å²) in [6.45, 7) is 1.26. The fraction of sp³-hybridized carbons (Fsp3) is 0.750. The van der Waals surface area contributed by atoms with Gasteiger partial charge in [0.2, 0.25) is 16.3 Å². The fourth-order valence-electron chi connectivity index (χ4n) is 2.18. The molecule has 2 fully saturated rings. The minimum atomic E-state index is -5.00. The van der Waals surface area contributed by atoms with Crippen LogP contribution in [0.5, 0.6) is 0 Å². The third kappa shape index (κ3) is 2.20. The summed E-state index contributed by atoms with van der Waals surface area (Å²) >= 11 is 1.50. The highest BCUT2D eigenvalue weighted by molar-refractivity contribution is 7.99. The van der Waals surface area contributed by atoms with Crippen molar-refractivity contribution in [1.29, 1.82) is 0 Å². The monoisotopic (exact) mass is 295 g/mol. The Balaban J connectivity index is 2.22. The van der Waals surface area contributed by atoms with Crippen LogP contribution in [0.25, 0.3) is 0 Å². The van der Waals surface area contributed by atoms with Crippen LogP contribution in [0.15, 0.2) is 0 Å². The third-order valence-electron chi connectivity index (χ3n) is 2.93. The number of rotatable bonds is 3. The number of β-lactam (4-membered cyclic amide) rings is 1. The molecule has 2 saturated heterocycles. The van der Waals surface area contributed by atoms with Crippen LogP contribution in [0.1, 0.15) is 13.3 Å². The largest absolute Gasteiger partial charge is 0.724 e. The van der Waals surface area contributed by atoms with Gasteiger partial charge in [-0.25, -0.2) is 8.42 Å². The summed E-state index contributed by atoms with van der Waals surface area (Å²) in [6.07, 6.45) is 0.462. The molecule has 0 aromatic rings. The Hall–Kier alpha value is -0.840. The smallest absolute Gasteiger partial charge is 0.272 e. The maximum atomic E-state index is 11.7. The number of hydrogen-bond acceptors (Lipinski definition) is 7. The second-order valence-corrected chi connectivity index (χ2v) is 6.23. The van der Waals surface area contributed by atoms with Crippen LogP contribution in [0.2, 0.25) is 0 Å². The molecule has 2 aliphatic rings. The molecule has 1 spiro atoms.